The standard InChI is InChI=1S/C33H37N3OS/c1-36(21-32-16-25-13-24-14-27(19-32)33(32,17-24)18-25)20-23-6-4-22(5-7-23)8-11-31(37)35-29-10-9-26(15-28(29)34)30-3-2-12-38-30/h2-12,15,24-25,27H,13-14,16-21,34H2,1H3,(H,35,37)/b11-8+. The fourth-order valence-corrected chi connectivity index (χ4v) is 9.82. The number of hydrogen-bond acceptors (Lipinski definition) is 4. The molecule has 4 saturated carbocycles. The fraction of sp³-hybridized carbons (Fsp3) is 0.424. The smallest absolute Gasteiger partial charge is 0.248 e. The van der Waals surface area contributed by atoms with E-state index in [2.05, 4.69) is 47.6 Å². The molecule has 1 amide bonds. The summed E-state index contributed by atoms with van der Waals surface area (Å²) >= 11 is 1.67. The fourth-order valence-electron chi connectivity index (χ4n) is 9.10. The molecule has 3 N–H and O–H groups in total. The van der Waals surface area contributed by atoms with Crippen LogP contribution in [-0.2, 0) is 11.3 Å². The van der Waals surface area contributed by atoms with Gasteiger partial charge in [0.2, 0.25) is 5.91 Å². The second-order valence-electron chi connectivity index (χ2n) is 12.7. The van der Waals surface area contributed by atoms with Crippen molar-refractivity contribution in [3.63, 3.8) is 0 Å². The number of thiophene rings is 1. The normalized spacial score (nSPS) is 30.6. The molecule has 38 heavy (non-hydrogen) atoms. The third-order valence-corrected chi connectivity index (χ3v) is 11.2. The van der Waals surface area contributed by atoms with Gasteiger partial charge in [0, 0.05) is 24.0 Å². The minimum absolute atomic E-state index is 0.183. The van der Waals surface area contributed by atoms with E-state index in [9.17, 15) is 4.79 Å². The molecule has 3 bridgehead atoms. The molecule has 4 nitrogen and oxygen atoms in total. The number of nitrogens with two attached hydrogens (primary N) is 1. The molecule has 196 valence electrons. The van der Waals surface area contributed by atoms with Gasteiger partial charge < -0.3 is 16.0 Å². The molecular weight excluding hydrogens is 486 g/mol. The van der Waals surface area contributed by atoms with E-state index in [1.54, 1.807) is 17.4 Å². The van der Waals surface area contributed by atoms with Gasteiger partial charge in [-0.3, -0.25) is 4.79 Å². The first kappa shape index (κ1) is 24.2. The summed E-state index contributed by atoms with van der Waals surface area (Å²) in [4.78, 5) is 16.3. The summed E-state index contributed by atoms with van der Waals surface area (Å²) in [5, 5.41) is 4.95. The van der Waals surface area contributed by atoms with Gasteiger partial charge in [-0.2, -0.15) is 0 Å². The Morgan fingerprint density at radius 3 is 2.71 bits per heavy atom. The summed E-state index contributed by atoms with van der Waals surface area (Å²) in [6.07, 6.45) is 12.5. The van der Waals surface area contributed by atoms with Crippen molar-refractivity contribution in [2.75, 3.05) is 24.6 Å². The highest BCUT2D eigenvalue weighted by atomic mass is 32.1. The molecule has 4 fully saturated rings. The van der Waals surface area contributed by atoms with Crippen LogP contribution in [0, 0.1) is 28.6 Å². The van der Waals surface area contributed by atoms with Gasteiger partial charge >= 0.3 is 0 Å². The Bertz CT molecular complexity index is 1370. The molecule has 4 aliphatic carbocycles. The number of nitrogens with one attached hydrogen (secondary N) is 1. The van der Waals surface area contributed by atoms with Crippen LogP contribution in [0.15, 0.2) is 66.1 Å². The molecule has 1 heterocycles. The maximum absolute atomic E-state index is 12.5. The number of carbonyl (C=O) groups is 1. The highest BCUT2D eigenvalue weighted by Gasteiger charge is 2.73. The Balaban J connectivity index is 0.938. The number of nitrogen functional groups attached to an aromatic ring is 1. The second-order valence-corrected chi connectivity index (χ2v) is 13.6. The summed E-state index contributed by atoms with van der Waals surface area (Å²) < 4.78 is 0. The topological polar surface area (TPSA) is 58.4 Å². The van der Waals surface area contributed by atoms with Crippen molar-refractivity contribution in [3.05, 3.63) is 77.2 Å². The number of anilines is 2. The van der Waals surface area contributed by atoms with Gasteiger partial charge in [-0.05, 0) is 121 Å². The van der Waals surface area contributed by atoms with Crippen molar-refractivity contribution >= 4 is 34.7 Å². The zero-order chi connectivity index (χ0) is 25.9. The molecule has 5 unspecified atom stereocenters. The van der Waals surface area contributed by atoms with Crippen LogP contribution in [0.4, 0.5) is 11.4 Å². The highest BCUT2D eigenvalue weighted by molar-refractivity contribution is 7.13. The maximum Gasteiger partial charge on any atom is 0.248 e. The van der Waals surface area contributed by atoms with Crippen LogP contribution in [0.1, 0.15) is 49.7 Å². The van der Waals surface area contributed by atoms with E-state index in [1.165, 1.54) is 50.6 Å². The second kappa shape index (κ2) is 9.10. The van der Waals surface area contributed by atoms with Crippen molar-refractivity contribution in [2.24, 2.45) is 28.6 Å². The van der Waals surface area contributed by atoms with E-state index in [0.717, 1.165) is 40.3 Å². The van der Waals surface area contributed by atoms with Crippen LogP contribution in [0.25, 0.3) is 16.5 Å². The highest BCUT2D eigenvalue weighted by Crippen LogP contribution is 2.81. The van der Waals surface area contributed by atoms with E-state index in [4.69, 9.17) is 5.73 Å². The van der Waals surface area contributed by atoms with Gasteiger partial charge in [0.25, 0.3) is 0 Å². The van der Waals surface area contributed by atoms with Crippen molar-refractivity contribution in [1.82, 2.24) is 4.90 Å². The molecule has 2 aromatic carbocycles. The molecule has 4 aliphatic rings. The number of rotatable bonds is 8. The third kappa shape index (κ3) is 4.02. The van der Waals surface area contributed by atoms with Gasteiger partial charge in [-0.25, -0.2) is 0 Å². The minimum Gasteiger partial charge on any atom is -0.397 e. The quantitative estimate of drug-likeness (QED) is 0.241. The lowest BCUT2D eigenvalue weighted by Crippen LogP contribution is -2.56. The Kier molecular flexibility index (Phi) is 5.79. The summed E-state index contributed by atoms with van der Waals surface area (Å²) in [6, 6.07) is 18.5. The minimum atomic E-state index is -0.183. The molecule has 7 rings (SSSR count). The summed E-state index contributed by atoms with van der Waals surface area (Å²) in [5.74, 6) is 2.92. The number of amides is 1. The first-order valence-electron chi connectivity index (χ1n) is 14.1. The van der Waals surface area contributed by atoms with Gasteiger partial charge in [-0.15, -0.1) is 11.3 Å². The molecule has 1 spiro atoms. The van der Waals surface area contributed by atoms with E-state index < -0.39 is 0 Å². The van der Waals surface area contributed by atoms with Crippen LogP contribution < -0.4 is 11.1 Å². The lowest BCUT2D eigenvalue weighted by Gasteiger charge is -2.60. The Morgan fingerprint density at radius 1 is 1.08 bits per heavy atom. The Hall–Kier alpha value is -2.89. The molecule has 1 aromatic heterocycles. The van der Waals surface area contributed by atoms with Gasteiger partial charge in [0.15, 0.2) is 0 Å². The monoisotopic (exact) mass is 523 g/mol. The van der Waals surface area contributed by atoms with Crippen molar-refractivity contribution < 1.29 is 4.79 Å². The largest absolute Gasteiger partial charge is 0.397 e. The SMILES string of the molecule is CN(Cc1ccc(/C=C/C(=O)Nc2ccc(-c3cccs3)cc2N)cc1)CC12CC3CC4CC(C1)C2(C4)C3. The van der Waals surface area contributed by atoms with Crippen LogP contribution in [0.2, 0.25) is 0 Å². The van der Waals surface area contributed by atoms with Gasteiger partial charge in [0.1, 0.15) is 0 Å². The molecule has 0 saturated heterocycles. The Labute approximate surface area is 229 Å². The number of benzene rings is 2. The molecule has 0 aliphatic heterocycles. The van der Waals surface area contributed by atoms with Crippen LogP contribution in [0.5, 0.6) is 0 Å². The molecular formula is C33H37N3OS. The number of hydrogen-bond donors (Lipinski definition) is 2. The average Bonchev–Trinajstić information content (AvgIpc) is 3.54. The lowest BCUT2D eigenvalue weighted by molar-refractivity contribution is -0.115. The van der Waals surface area contributed by atoms with Gasteiger partial charge in [-0.1, -0.05) is 36.4 Å². The lowest BCUT2D eigenvalue weighted by atomic mass is 9.46. The zero-order valence-electron chi connectivity index (χ0n) is 22.2. The number of carbonyl (C=O) groups excluding carboxylic acids is 1. The van der Waals surface area contributed by atoms with E-state index >= 15 is 0 Å². The van der Waals surface area contributed by atoms with Crippen LogP contribution in [0.3, 0.4) is 0 Å². The first-order valence-corrected chi connectivity index (χ1v) is 15.0. The Morgan fingerprint density at radius 2 is 1.92 bits per heavy atom. The van der Waals surface area contributed by atoms with E-state index in [0.29, 0.717) is 22.2 Å². The van der Waals surface area contributed by atoms with Crippen LogP contribution in [-0.4, -0.2) is 24.4 Å². The predicted molar refractivity (Wildman–Crippen MR) is 158 cm³/mol. The van der Waals surface area contributed by atoms with Crippen molar-refractivity contribution in [1.29, 1.82) is 0 Å². The molecule has 0 radical (unpaired) electrons. The zero-order valence-corrected chi connectivity index (χ0v) is 23.0. The molecule has 5 heteroatoms. The van der Waals surface area contributed by atoms with E-state index in [-0.39, 0.29) is 5.91 Å². The van der Waals surface area contributed by atoms with E-state index in [1.807, 2.05) is 35.7 Å². The summed E-state index contributed by atoms with van der Waals surface area (Å²) in [5.41, 5.74) is 12.1. The first-order chi connectivity index (χ1) is 18.4. The van der Waals surface area contributed by atoms with Crippen LogP contribution >= 0.6 is 11.3 Å². The number of nitrogens with zero attached hydrogens (tertiary/aromatic N) is 1. The molecule has 5 atom stereocenters. The number of fused-ring (bicyclic) bond motifs is 2. The summed E-state index contributed by atoms with van der Waals surface area (Å²) in [6.45, 7) is 2.24. The predicted octanol–water partition coefficient (Wildman–Crippen LogP) is 7.30. The molecule has 3 aromatic rings. The summed E-state index contributed by atoms with van der Waals surface area (Å²) in [7, 11) is 2.31. The average molecular weight is 524 g/mol. The van der Waals surface area contributed by atoms with Crippen molar-refractivity contribution in [2.45, 2.75) is 45.1 Å². The third-order valence-electron chi connectivity index (χ3n) is 10.3. The van der Waals surface area contributed by atoms with Crippen molar-refractivity contribution in [3.8, 4) is 10.4 Å². The maximum atomic E-state index is 12.5. The van der Waals surface area contributed by atoms with Gasteiger partial charge in [0.05, 0.1) is 11.4 Å².